The van der Waals surface area contributed by atoms with Crippen LogP contribution in [0.25, 0.3) is 0 Å². The molecule has 3 aromatic carbocycles. The van der Waals surface area contributed by atoms with Gasteiger partial charge in [-0.3, -0.25) is 9.79 Å². The van der Waals surface area contributed by atoms with Gasteiger partial charge in [-0.15, -0.1) is 0 Å². The first-order valence-corrected chi connectivity index (χ1v) is 11.3. The van der Waals surface area contributed by atoms with Gasteiger partial charge in [-0.1, -0.05) is 54.0 Å². The number of hydrogen-bond acceptors (Lipinski definition) is 3. The van der Waals surface area contributed by atoms with Crippen molar-refractivity contribution in [3.8, 4) is 0 Å². The fraction of sp³-hybridized carbons (Fsp3) is 0.200. The molecule has 0 atom stereocenters. The number of benzene rings is 3. The van der Waals surface area contributed by atoms with Crippen LogP contribution >= 0.6 is 23.4 Å². The van der Waals surface area contributed by atoms with E-state index in [1.54, 1.807) is 11.8 Å². The molecule has 0 spiro atoms. The Kier molecular flexibility index (Phi) is 6.26. The Balaban J connectivity index is 1.52. The molecule has 0 fully saturated rings. The third kappa shape index (κ3) is 4.61. The number of nitrogens with one attached hydrogen (secondary N) is 1. The molecule has 3 nitrogen and oxygen atoms in total. The van der Waals surface area contributed by atoms with E-state index in [4.69, 9.17) is 16.6 Å². The predicted molar refractivity (Wildman–Crippen MR) is 126 cm³/mol. The molecular weight excluding hydrogens is 412 g/mol. The lowest BCUT2D eigenvalue weighted by Crippen LogP contribution is -2.25. The second-order valence-electron chi connectivity index (χ2n) is 7.33. The second kappa shape index (κ2) is 9.07. The number of rotatable bonds is 5. The van der Waals surface area contributed by atoms with E-state index in [0.717, 1.165) is 39.7 Å². The highest BCUT2D eigenvalue weighted by Gasteiger charge is 2.18. The van der Waals surface area contributed by atoms with Crippen LogP contribution in [0.2, 0.25) is 5.02 Å². The van der Waals surface area contributed by atoms with Gasteiger partial charge in [0.2, 0.25) is 0 Å². The van der Waals surface area contributed by atoms with Gasteiger partial charge < -0.3 is 5.32 Å². The molecule has 4 rings (SSSR count). The van der Waals surface area contributed by atoms with Gasteiger partial charge in [-0.25, -0.2) is 0 Å². The van der Waals surface area contributed by atoms with Crippen molar-refractivity contribution in [1.82, 2.24) is 5.32 Å². The standard InChI is InChI=1S/C25H23ClN2OS/c1-3-21-20-14-16(2)4-10-23(20)30-24-11-7-18(15-22(24)28-21)25(29)27-13-12-17-5-8-19(26)9-6-17/h4-11,14-15H,3,12-13H2,1-2H3,(H,27,29). The fourth-order valence-electron chi connectivity index (χ4n) is 3.46. The molecule has 0 bridgehead atoms. The SMILES string of the molecule is CCC1=Nc2cc(C(=O)NCCc3ccc(Cl)cc3)ccc2Sc2ccc(C)cc21. The number of fused-ring (bicyclic) bond motifs is 2. The topological polar surface area (TPSA) is 41.5 Å². The van der Waals surface area contributed by atoms with Crippen molar-refractivity contribution in [2.24, 2.45) is 4.99 Å². The van der Waals surface area contributed by atoms with Gasteiger partial charge in [-0.2, -0.15) is 0 Å². The van der Waals surface area contributed by atoms with Crippen LogP contribution in [0, 0.1) is 6.92 Å². The number of carbonyl (C=O) groups is 1. The Hall–Kier alpha value is -2.56. The summed E-state index contributed by atoms with van der Waals surface area (Å²) in [6.07, 6.45) is 1.60. The molecule has 1 aliphatic rings. The molecule has 1 amide bonds. The second-order valence-corrected chi connectivity index (χ2v) is 8.85. The van der Waals surface area contributed by atoms with Gasteiger partial charge in [0, 0.05) is 38.2 Å². The maximum Gasteiger partial charge on any atom is 0.251 e. The van der Waals surface area contributed by atoms with Crippen molar-refractivity contribution in [3.63, 3.8) is 0 Å². The summed E-state index contributed by atoms with van der Waals surface area (Å²) in [5.41, 5.74) is 6.10. The molecule has 0 saturated carbocycles. The zero-order valence-corrected chi connectivity index (χ0v) is 18.6. The van der Waals surface area contributed by atoms with Crippen LogP contribution < -0.4 is 5.32 Å². The third-order valence-electron chi connectivity index (χ3n) is 5.09. The Morgan fingerprint density at radius 2 is 1.80 bits per heavy atom. The number of amides is 1. The first-order valence-electron chi connectivity index (χ1n) is 10.1. The monoisotopic (exact) mass is 434 g/mol. The van der Waals surface area contributed by atoms with Gasteiger partial charge in [0.1, 0.15) is 0 Å². The largest absolute Gasteiger partial charge is 0.352 e. The number of aryl methyl sites for hydroxylation is 1. The summed E-state index contributed by atoms with van der Waals surface area (Å²) < 4.78 is 0. The lowest BCUT2D eigenvalue weighted by atomic mass is 10.0. The molecule has 0 aromatic heterocycles. The molecule has 0 saturated heterocycles. The molecule has 0 aliphatic carbocycles. The van der Waals surface area contributed by atoms with E-state index >= 15 is 0 Å². The maximum atomic E-state index is 12.7. The van der Waals surface area contributed by atoms with Gasteiger partial charge in [0.05, 0.1) is 5.69 Å². The van der Waals surface area contributed by atoms with Gasteiger partial charge in [0.25, 0.3) is 5.91 Å². The highest BCUT2D eigenvalue weighted by molar-refractivity contribution is 7.99. The molecule has 0 radical (unpaired) electrons. The number of aliphatic imine (C=N–C) groups is 1. The first-order chi connectivity index (χ1) is 14.5. The average molecular weight is 435 g/mol. The number of halogens is 1. The summed E-state index contributed by atoms with van der Waals surface area (Å²) in [4.78, 5) is 19.9. The van der Waals surface area contributed by atoms with Crippen molar-refractivity contribution in [1.29, 1.82) is 0 Å². The highest BCUT2D eigenvalue weighted by atomic mass is 35.5. The summed E-state index contributed by atoms with van der Waals surface area (Å²) in [6.45, 7) is 4.79. The zero-order valence-electron chi connectivity index (χ0n) is 17.0. The molecule has 30 heavy (non-hydrogen) atoms. The quantitative estimate of drug-likeness (QED) is 0.490. The third-order valence-corrected chi connectivity index (χ3v) is 6.48. The van der Waals surface area contributed by atoms with E-state index in [0.29, 0.717) is 12.1 Å². The van der Waals surface area contributed by atoms with Crippen LogP contribution in [0.1, 0.15) is 40.4 Å². The van der Waals surface area contributed by atoms with Crippen LogP contribution in [0.15, 0.2) is 75.4 Å². The van der Waals surface area contributed by atoms with Crippen molar-refractivity contribution >= 4 is 40.7 Å². The minimum Gasteiger partial charge on any atom is -0.352 e. The molecule has 5 heteroatoms. The van der Waals surface area contributed by atoms with E-state index < -0.39 is 0 Å². The lowest BCUT2D eigenvalue weighted by Gasteiger charge is -2.09. The Bertz CT molecular complexity index is 1120. The van der Waals surface area contributed by atoms with Crippen molar-refractivity contribution < 1.29 is 4.79 Å². The normalized spacial score (nSPS) is 12.4. The van der Waals surface area contributed by atoms with Gasteiger partial charge in [0.15, 0.2) is 0 Å². The Morgan fingerprint density at radius 1 is 1.03 bits per heavy atom. The van der Waals surface area contributed by atoms with E-state index in [9.17, 15) is 4.79 Å². The maximum absolute atomic E-state index is 12.7. The molecule has 3 aromatic rings. The molecule has 1 N–H and O–H groups in total. The number of carbonyl (C=O) groups excluding carboxylic acids is 1. The first kappa shape index (κ1) is 20.7. The average Bonchev–Trinajstić information content (AvgIpc) is 2.90. The number of nitrogens with zero attached hydrogens (tertiary/aromatic N) is 1. The fourth-order valence-corrected chi connectivity index (χ4v) is 4.59. The van der Waals surface area contributed by atoms with E-state index in [-0.39, 0.29) is 5.91 Å². The predicted octanol–water partition coefficient (Wildman–Crippen LogP) is 6.62. The summed E-state index contributed by atoms with van der Waals surface area (Å²) in [5, 5.41) is 3.72. The van der Waals surface area contributed by atoms with Crippen molar-refractivity contribution in [3.05, 3.63) is 87.9 Å². The minimum absolute atomic E-state index is 0.0809. The van der Waals surface area contributed by atoms with Crippen LogP contribution in [0.4, 0.5) is 5.69 Å². The van der Waals surface area contributed by atoms with Crippen LogP contribution in [0.5, 0.6) is 0 Å². The minimum atomic E-state index is -0.0809. The molecule has 152 valence electrons. The molecular formula is C25H23ClN2OS. The summed E-state index contributed by atoms with van der Waals surface area (Å²) in [6, 6.07) is 20.0. The van der Waals surface area contributed by atoms with Crippen LogP contribution in [0.3, 0.4) is 0 Å². The highest BCUT2D eigenvalue weighted by Crippen LogP contribution is 2.41. The van der Waals surface area contributed by atoms with E-state index in [1.165, 1.54) is 16.0 Å². The zero-order chi connectivity index (χ0) is 21.1. The van der Waals surface area contributed by atoms with E-state index in [2.05, 4.69) is 37.4 Å². The smallest absolute Gasteiger partial charge is 0.251 e. The molecule has 1 aliphatic heterocycles. The molecule has 0 unspecified atom stereocenters. The van der Waals surface area contributed by atoms with Gasteiger partial charge in [-0.05, 0) is 67.8 Å². The van der Waals surface area contributed by atoms with Crippen molar-refractivity contribution in [2.45, 2.75) is 36.5 Å². The summed E-state index contributed by atoms with van der Waals surface area (Å²) in [7, 11) is 0. The Labute approximate surface area is 186 Å². The Morgan fingerprint density at radius 3 is 2.57 bits per heavy atom. The van der Waals surface area contributed by atoms with Crippen LogP contribution in [-0.2, 0) is 6.42 Å². The summed E-state index contributed by atoms with van der Waals surface area (Å²) >= 11 is 7.63. The lowest BCUT2D eigenvalue weighted by molar-refractivity contribution is 0.0954. The summed E-state index contributed by atoms with van der Waals surface area (Å²) in [5.74, 6) is -0.0809. The number of hydrogen-bond donors (Lipinski definition) is 1. The van der Waals surface area contributed by atoms with Crippen LogP contribution in [-0.4, -0.2) is 18.2 Å². The molecule has 1 heterocycles. The van der Waals surface area contributed by atoms with E-state index in [1.807, 2.05) is 42.5 Å². The van der Waals surface area contributed by atoms with Crippen molar-refractivity contribution in [2.75, 3.05) is 6.54 Å². The van der Waals surface area contributed by atoms with Gasteiger partial charge >= 0.3 is 0 Å².